The Morgan fingerprint density at radius 3 is 1.91 bits per heavy atom. The van der Waals surface area contributed by atoms with Crippen LogP contribution in [0.4, 0.5) is 19.0 Å². The molecule has 0 saturated carbocycles. The monoisotopic (exact) mass is 526 g/mol. The largest absolute Gasteiger partial charge is 0.463 e. The summed E-state index contributed by atoms with van der Waals surface area (Å²) in [5, 5.41) is -0.340. The van der Waals surface area contributed by atoms with Crippen molar-refractivity contribution in [3.8, 4) is 0 Å². The number of nitrogens with zero attached hydrogens (tertiary/aromatic N) is 1. The molecule has 1 fully saturated rings. The molecule has 0 spiro atoms. The highest BCUT2D eigenvalue weighted by Gasteiger charge is 2.54. The summed E-state index contributed by atoms with van der Waals surface area (Å²) in [5.74, 6) is -6.46. The number of carbonyl (C=O) groups excluding carboxylic acids is 5. The van der Waals surface area contributed by atoms with E-state index in [1.807, 2.05) is 0 Å². The van der Waals surface area contributed by atoms with Gasteiger partial charge in [0.15, 0.2) is 24.4 Å². The van der Waals surface area contributed by atoms with Gasteiger partial charge in [-0.25, -0.2) is 4.98 Å². The number of hydrogen-bond donors (Lipinski definition) is 1. The summed E-state index contributed by atoms with van der Waals surface area (Å²) in [7, 11) is 0. The third kappa shape index (κ3) is 7.11. The first-order valence-corrected chi connectivity index (χ1v) is 10.6. The number of aromatic nitrogens is 1. The molecule has 1 aromatic rings. The third-order valence-electron chi connectivity index (χ3n) is 4.37. The molecular formula is C19H21F3N2O10S. The van der Waals surface area contributed by atoms with E-state index in [1.54, 1.807) is 0 Å². The minimum absolute atomic E-state index is 0.216. The number of thiazole rings is 1. The minimum Gasteiger partial charge on any atom is -0.463 e. The molecule has 2 rings (SSSR count). The van der Waals surface area contributed by atoms with Crippen molar-refractivity contribution in [3.05, 3.63) is 9.88 Å². The number of ether oxygens (including phenoxy) is 5. The summed E-state index contributed by atoms with van der Waals surface area (Å²) in [6.07, 6.45) is -12.8. The molecule has 12 nitrogen and oxygen atoms in total. The fourth-order valence-electron chi connectivity index (χ4n) is 3.19. The molecule has 0 amide bonds. The molecule has 35 heavy (non-hydrogen) atoms. The van der Waals surface area contributed by atoms with Crippen LogP contribution in [0.5, 0.6) is 0 Å². The van der Waals surface area contributed by atoms with Gasteiger partial charge in [-0.15, -0.1) is 11.3 Å². The van der Waals surface area contributed by atoms with Gasteiger partial charge >= 0.3 is 30.1 Å². The van der Waals surface area contributed by atoms with E-state index in [0.717, 1.165) is 27.7 Å². The predicted molar refractivity (Wildman–Crippen MR) is 108 cm³/mol. The molecule has 194 valence electrons. The van der Waals surface area contributed by atoms with E-state index in [1.165, 1.54) is 0 Å². The normalized spacial score (nSPS) is 24.3. The highest BCUT2D eigenvalue weighted by molar-refractivity contribution is 7.14. The smallest absolute Gasteiger partial charge is 0.455 e. The fraction of sp³-hybridized carbons (Fsp3) is 0.579. The summed E-state index contributed by atoms with van der Waals surface area (Å²) in [5.41, 5.74) is 5.53. The average Bonchev–Trinajstić information content (AvgIpc) is 3.08. The van der Waals surface area contributed by atoms with Crippen LogP contribution in [0.3, 0.4) is 0 Å². The maximum Gasteiger partial charge on any atom is 0.455 e. The summed E-state index contributed by atoms with van der Waals surface area (Å²) in [4.78, 5) is 61.2. The summed E-state index contributed by atoms with van der Waals surface area (Å²) < 4.78 is 65.2. The molecule has 5 atom stereocenters. The van der Waals surface area contributed by atoms with Crippen molar-refractivity contribution in [2.24, 2.45) is 0 Å². The second-order valence-electron chi connectivity index (χ2n) is 7.21. The van der Waals surface area contributed by atoms with Gasteiger partial charge in [0.25, 0.3) is 5.78 Å². The van der Waals surface area contributed by atoms with Crippen LogP contribution in [0.15, 0.2) is 0 Å². The maximum absolute atomic E-state index is 13.0. The molecule has 0 aromatic carbocycles. The number of anilines is 1. The lowest BCUT2D eigenvalue weighted by molar-refractivity contribution is -0.254. The number of Topliss-reactive ketones (excluding diaryl/α,β-unsaturated/α-hetero) is 1. The summed E-state index contributed by atoms with van der Waals surface area (Å²) in [6, 6.07) is 0. The molecule has 16 heteroatoms. The number of alkyl halides is 3. The van der Waals surface area contributed by atoms with Crippen LogP contribution in [0.2, 0.25) is 0 Å². The van der Waals surface area contributed by atoms with E-state index in [0.29, 0.717) is 0 Å². The van der Waals surface area contributed by atoms with Crippen molar-refractivity contribution in [2.45, 2.75) is 64.4 Å². The van der Waals surface area contributed by atoms with Crippen LogP contribution in [-0.2, 0) is 42.9 Å². The number of rotatable bonds is 7. The van der Waals surface area contributed by atoms with Crippen LogP contribution >= 0.6 is 11.3 Å². The van der Waals surface area contributed by atoms with E-state index in [4.69, 9.17) is 29.4 Å². The Bertz CT molecular complexity index is 1010. The predicted octanol–water partition coefficient (Wildman–Crippen LogP) is 1.27. The van der Waals surface area contributed by atoms with Gasteiger partial charge in [0.1, 0.15) is 28.4 Å². The number of nitrogens with two attached hydrogens (primary N) is 1. The molecule has 1 aliphatic heterocycles. The SMILES string of the molecule is CC(=O)OC[C@H]1O[C@H](c2nc(N)c(C(=O)C(F)(F)F)s2)[C@@H](OC(C)=O)[C@@H](OC(C)=O)[C@@H]1OC(C)=O. The van der Waals surface area contributed by atoms with Gasteiger partial charge in [-0.1, -0.05) is 0 Å². The second-order valence-corrected chi connectivity index (χ2v) is 8.24. The van der Waals surface area contributed by atoms with Crippen LogP contribution in [0.1, 0.15) is 48.5 Å². The van der Waals surface area contributed by atoms with E-state index in [2.05, 4.69) is 4.98 Å². The van der Waals surface area contributed by atoms with Crippen molar-refractivity contribution in [1.82, 2.24) is 4.98 Å². The molecule has 0 bridgehead atoms. The topological polar surface area (TPSA) is 170 Å². The minimum atomic E-state index is -5.25. The van der Waals surface area contributed by atoms with Crippen LogP contribution < -0.4 is 5.73 Å². The Balaban J connectivity index is 2.61. The van der Waals surface area contributed by atoms with Gasteiger partial charge in [-0.2, -0.15) is 13.2 Å². The van der Waals surface area contributed by atoms with E-state index in [9.17, 15) is 37.1 Å². The average molecular weight is 526 g/mol. The Labute approximate surface area is 199 Å². The molecule has 2 N–H and O–H groups in total. The van der Waals surface area contributed by atoms with Crippen molar-refractivity contribution in [2.75, 3.05) is 12.3 Å². The Morgan fingerprint density at radius 2 is 1.43 bits per heavy atom. The number of carbonyl (C=O) groups is 5. The molecule has 0 unspecified atom stereocenters. The number of hydrogen-bond acceptors (Lipinski definition) is 13. The summed E-state index contributed by atoms with van der Waals surface area (Å²) >= 11 is 0.216. The highest BCUT2D eigenvalue weighted by Crippen LogP contribution is 2.41. The lowest BCUT2D eigenvalue weighted by Gasteiger charge is -2.43. The first-order chi connectivity index (χ1) is 16.1. The lowest BCUT2D eigenvalue weighted by atomic mass is 9.94. The summed E-state index contributed by atoms with van der Waals surface area (Å²) in [6.45, 7) is 3.54. The molecule has 1 aromatic heterocycles. The first-order valence-electron chi connectivity index (χ1n) is 9.80. The zero-order valence-electron chi connectivity index (χ0n) is 18.7. The quantitative estimate of drug-likeness (QED) is 0.307. The zero-order valence-corrected chi connectivity index (χ0v) is 19.6. The zero-order chi connectivity index (χ0) is 26.7. The van der Waals surface area contributed by atoms with Crippen molar-refractivity contribution in [1.29, 1.82) is 0 Å². The molecule has 0 radical (unpaired) electrons. The lowest BCUT2D eigenvalue weighted by Crippen LogP contribution is -2.59. The first kappa shape index (κ1) is 28.0. The van der Waals surface area contributed by atoms with Crippen LogP contribution in [-0.4, -0.2) is 71.8 Å². The van der Waals surface area contributed by atoms with Gasteiger partial charge in [0.05, 0.1) is 0 Å². The number of nitrogen functional groups attached to an aromatic ring is 1. The van der Waals surface area contributed by atoms with Gasteiger partial charge in [0.2, 0.25) is 0 Å². The van der Waals surface area contributed by atoms with E-state index < -0.39 is 83.7 Å². The molecule has 0 aliphatic carbocycles. The van der Waals surface area contributed by atoms with Gasteiger partial charge < -0.3 is 29.4 Å². The van der Waals surface area contributed by atoms with Gasteiger partial charge in [-0.3, -0.25) is 24.0 Å². The van der Waals surface area contributed by atoms with Crippen LogP contribution in [0.25, 0.3) is 0 Å². The van der Waals surface area contributed by atoms with Crippen molar-refractivity contribution < 1.29 is 60.8 Å². The Morgan fingerprint density at radius 1 is 0.914 bits per heavy atom. The van der Waals surface area contributed by atoms with E-state index >= 15 is 0 Å². The van der Waals surface area contributed by atoms with Crippen molar-refractivity contribution in [3.63, 3.8) is 0 Å². The van der Waals surface area contributed by atoms with Crippen LogP contribution in [0, 0.1) is 0 Å². The number of ketones is 1. The molecule has 1 saturated heterocycles. The van der Waals surface area contributed by atoms with Gasteiger partial charge in [-0.05, 0) is 0 Å². The van der Waals surface area contributed by atoms with Gasteiger partial charge in [0, 0.05) is 27.7 Å². The van der Waals surface area contributed by atoms with Crippen molar-refractivity contribution >= 4 is 46.8 Å². The standard InChI is InChI=1S/C19H21F3N2O10S/c1-6(25)30-5-10-11(31-7(2)26)12(32-8(3)27)13(33-9(4)28)14(34-10)18-24-17(23)15(35-18)16(29)19(20,21)22/h10-14H,5,23H2,1-4H3/t10-,11-,12+,13+,14+/m1/s1. The molecule has 2 heterocycles. The Hall–Kier alpha value is -3.27. The molecular weight excluding hydrogens is 505 g/mol. The number of halogens is 3. The number of esters is 4. The fourth-order valence-corrected chi connectivity index (χ4v) is 4.21. The molecule has 1 aliphatic rings. The third-order valence-corrected chi connectivity index (χ3v) is 5.50. The second kappa shape index (κ2) is 11.0. The maximum atomic E-state index is 13.0. The Kier molecular flexibility index (Phi) is 8.78. The van der Waals surface area contributed by atoms with E-state index in [-0.39, 0.29) is 16.3 Å². The highest BCUT2D eigenvalue weighted by atomic mass is 32.1.